The molecule has 176 valence electrons. The number of hydrogen-bond acceptors (Lipinski definition) is 4. The third-order valence-electron chi connectivity index (χ3n) is 7.40. The van der Waals surface area contributed by atoms with Gasteiger partial charge in [-0.3, -0.25) is 14.7 Å². The Morgan fingerprint density at radius 3 is 2.48 bits per heavy atom. The maximum absolute atomic E-state index is 13.9. The Morgan fingerprint density at radius 1 is 1.09 bits per heavy atom. The normalized spacial score (nSPS) is 23.0. The molecule has 1 N–H and O–H groups in total. The molecule has 0 bridgehead atoms. The van der Waals surface area contributed by atoms with Crippen LogP contribution < -0.4 is 5.32 Å². The molecule has 4 rings (SSSR count). The molecular weight excluding hydrogens is 412 g/mol. The SMILES string of the molecule is CC[C@@H](C)CN1CCC([C@]2(Cc3ccccc3)NC(=O)N(CCc3ccccn3)C2=O)CC1. The second kappa shape index (κ2) is 10.5. The highest BCUT2D eigenvalue weighted by Crippen LogP contribution is 2.36. The van der Waals surface area contributed by atoms with Crippen molar-refractivity contribution in [3.8, 4) is 0 Å². The van der Waals surface area contributed by atoms with Crippen LogP contribution in [0.1, 0.15) is 44.4 Å². The predicted molar refractivity (Wildman–Crippen MR) is 130 cm³/mol. The summed E-state index contributed by atoms with van der Waals surface area (Å²) in [5.41, 5.74) is 1.10. The average Bonchev–Trinajstić information content (AvgIpc) is 3.08. The number of pyridine rings is 1. The number of nitrogens with zero attached hydrogens (tertiary/aromatic N) is 3. The number of urea groups is 1. The molecule has 6 nitrogen and oxygen atoms in total. The summed E-state index contributed by atoms with van der Waals surface area (Å²) < 4.78 is 0. The molecular formula is C27H36N4O2. The Bertz CT molecular complexity index is 928. The van der Waals surface area contributed by atoms with E-state index >= 15 is 0 Å². The molecule has 0 saturated carbocycles. The molecule has 0 spiro atoms. The number of piperidine rings is 1. The van der Waals surface area contributed by atoms with Crippen LogP contribution in [-0.2, 0) is 17.6 Å². The molecule has 2 aliphatic heterocycles. The fourth-order valence-electron chi connectivity index (χ4n) is 5.26. The summed E-state index contributed by atoms with van der Waals surface area (Å²) in [6.45, 7) is 7.93. The molecule has 6 heteroatoms. The van der Waals surface area contributed by atoms with E-state index < -0.39 is 5.54 Å². The average molecular weight is 449 g/mol. The zero-order valence-electron chi connectivity index (χ0n) is 19.9. The first kappa shape index (κ1) is 23.4. The molecule has 0 radical (unpaired) electrons. The van der Waals surface area contributed by atoms with Crippen LogP contribution in [0.2, 0.25) is 0 Å². The van der Waals surface area contributed by atoms with Crippen LogP contribution in [0.5, 0.6) is 0 Å². The molecule has 2 aliphatic rings. The maximum Gasteiger partial charge on any atom is 0.325 e. The van der Waals surface area contributed by atoms with E-state index in [0.717, 1.165) is 43.7 Å². The van der Waals surface area contributed by atoms with Crippen LogP contribution in [0.4, 0.5) is 4.79 Å². The molecule has 1 aromatic carbocycles. The van der Waals surface area contributed by atoms with E-state index in [1.807, 2.05) is 36.4 Å². The number of nitrogens with one attached hydrogen (secondary N) is 1. The van der Waals surface area contributed by atoms with Crippen molar-refractivity contribution in [2.75, 3.05) is 26.2 Å². The molecule has 1 aromatic heterocycles. The van der Waals surface area contributed by atoms with Gasteiger partial charge in [0.25, 0.3) is 5.91 Å². The smallest absolute Gasteiger partial charge is 0.322 e. The van der Waals surface area contributed by atoms with Gasteiger partial charge in [-0.05, 0) is 55.5 Å². The highest BCUT2D eigenvalue weighted by atomic mass is 16.2. The Balaban J connectivity index is 1.52. The number of hydrogen-bond donors (Lipinski definition) is 1. The van der Waals surface area contributed by atoms with E-state index in [9.17, 15) is 9.59 Å². The number of carbonyl (C=O) groups excluding carboxylic acids is 2. The van der Waals surface area contributed by atoms with Gasteiger partial charge in [-0.2, -0.15) is 0 Å². The molecule has 2 atom stereocenters. The van der Waals surface area contributed by atoms with Crippen LogP contribution in [0, 0.1) is 11.8 Å². The number of imide groups is 1. The Hall–Kier alpha value is -2.73. The Kier molecular flexibility index (Phi) is 7.43. The fraction of sp³-hybridized carbons (Fsp3) is 0.519. The largest absolute Gasteiger partial charge is 0.325 e. The number of amides is 3. The Morgan fingerprint density at radius 2 is 1.82 bits per heavy atom. The number of carbonyl (C=O) groups is 2. The lowest BCUT2D eigenvalue weighted by Crippen LogP contribution is -2.57. The van der Waals surface area contributed by atoms with Crippen molar-refractivity contribution in [1.82, 2.24) is 20.1 Å². The third kappa shape index (κ3) is 5.27. The third-order valence-corrected chi connectivity index (χ3v) is 7.40. The predicted octanol–water partition coefficient (Wildman–Crippen LogP) is 3.92. The molecule has 3 heterocycles. The van der Waals surface area contributed by atoms with Gasteiger partial charge in [-0.15, -0.1) is 0 Å². The summed E-state index contributed by atoms with van der Waals surface area (Å²) in [4.78, 5) is 35.2. The monoisotopic (exact) mass is 448 g/mol. The van der Waals surface area contributed by atoms with E-state index in [0.29, 0.717) is 25.3 Å². The van der Waals surface area contributed by atoms with Gasteiger partial charge in [0.15, 0.2) is 0 Å². The molecule has 3 amide bonds. The first-order valence-corrected chi connectivity index (χ1v) is 12.3. The molecule has 2 fully saturated rings. The molecule has 2 aromatic rings. The van der Waals surface area contributed by atoms with Crippen molar-refractivity contribution >= 4 is 11.9 Å². The molecule has 2 saturated heterocycles. The van der Waals surface area contributed by atoms with Gasteiger partial charge >= 0.3 is 6.03 Å². The lowest BCUT2D eigenvalue weighted by Gasteiger charge is -2.41. The first-order valence-electron chi connectivity index (χ1n) is 12.3. The van der Waals surface area contributed by atoms with Gasteiger partial charge in [0.1, 0.15) is 5.54 Å². The topological polar surface area (TPSA) is 65.5 Å². The number of aromatic nitrogens is 1. The van der Waals surface area contributed by atoms with Gasteiger partial charge in [0.2, 0.25) is 0 Å². The van der Waals surface area contributed by atoms with E-state index in [-0.39, 0.29) is 17.9 Å². The van der Waals surface area contributed by atoms with Crippen molar-refractivity contribution in [3.05, 3.63) is 66.0 Å². The minimum Gasteiger partial charge on any atom is -0.322 e. The second-order valence-electron chi connectivity index (χ2n) is 9.68. The highest BCUT2D eigenvalue weighted by Gasteiger charge is 2.55. The summed E-state index contributed by atoms with van der Waals surface area (Å²) >= 11 is 0. The van der Waals surface area contributed by atoms with Crippen molar-refractivity contribution < 1.29 is 9.59 Å². The lowest BCUT2D eigenvalue weighted by molar-refractivity contribution is -0.134. The Labute approximate surface area is 197 Å². The lowest BCUT2D eigenvalue weighted by atomic mass is 9.73. The van der Waals surface area contributed by atoms with Crippen molar-refractivity contribution in [1.29, 1.82) is 0 Å². The van der Waals surface area contributed by atoms with E-state index in [2.05, 4.69) is 41.2 Å². The summed E-state index contributed by atoms with van der Waals surface area (Å²) in [6.07, 6.45) is 5.86. The zero-order chi connectivity index (χ0) is 23.3. The van der Waals surface area contributed by atoms with Gasteiger partial charge in [0, 0.05) is 37.8 Å². The van der Waals surface area contributed by atoms with Crippen LogP contribution in [0.25, 0.3) is 0 Å². The zero-order valence-corrected chi connectivity index (χ0v) is 19.9. The van der Waals surface area contributed by atoms with Crippen LogP contribution in [0.3, 0.4) is 0 Å². The summed E-state index contributed by atoms with van der Waals surface area (Å²) in [7, 11) is 0. The van der Waals surface area contributed by atoms with Crippen molar-refractivity contribution in [3.63, 3.8) is 0 Å². The van der Waals surface area contributed by atoms with Gasteiger partial charge in [-0.1, -0.05) is 56.7 Å². The van der Waals surface area contributed by atoms with E-state index in [1.165, 1.54) is 11.3 Å². The van der Waals surface area contributed by atoms with E-state index in [1.54, 1.807) is 6.20 Å². The fourth-order valence-corrected chi connectivity index (χ4v) is 5.26. The number of likely N-dealkylation sites (tertiary alicyclic amines) is 1. The first-order chi connectivity index (χ1) is 16.0. The van der Waals surface area contributed by atoms with Crippen molar-refractivity contribution in [2.45, 2.75) is 51.5 Å². The second-order valence-corrected chi connectivity index (χ2v) is 9.68. The van der Waals surface area contributed by atoms with Crippen LogP contribution in [-0.4, -0.2) is 58.4 Å². The molecule has 0 aliphatic carbocycles. The maximum atomic E-state index is 13.9. The summed E-state index contributed by atoms with van der Waals surface area (Å²) in [6, 6.07) is 15.5. The van der Waals surface area contributed by atoms with E-state index in [4.69, 9.17) is 0 Å². The quantitative estimate of drug-likeness (QED) is 0.591. The van der Waals surface area contributed by atoms with Gasteiger partial charge < -0.3 is 10.2 Å². The molecule has 0 unspecified atom stereocenters. The minimum atomic E-state index is -0.870. The minimum absolute atomic E-state index is 0.0762. The van der Waals surface area contributed by atoms with Crippen molar-refractivity contribution in [2.24, 2.45) is 11.8 Å². The van der Waals surface area contributed by atoms with Gasteiger partial charge in [-0.25, -0.2) is 4.79 Å². The summed E-state index contributed by atoms with van der Waals surface area (Å²) in [5.74, 6) is 0.726. The number of benzene rings is 1. The molecule has 33 heavy (non-hydrogen) atoms. The summed E-state index contributed by atoms with van der Waals surface area (Å²) in [5, 5.41) is 3.19. The number of rotatable bonds is 9. The van der Waals surface area contributed by atoms with Gasteiger partial charge in [0.05, 0.1) is 0 Å². The van der Waals surface area contributed by atoms with Crippen LogP contribution in [0.15, 0.2) is 54.7 Å². The standard InChI is InChI=1S/C27H36N4O2/c1-3-21(2)20-30-16-12-23(13-17-30)27(19-22-9-5-4-6-10-22)25(32)31(26(33)29-27)18-14-24-11-7-8-15-28-24/h4-11,15,21,23H,3,12-14,16-20H2,1-2H3,(H,29,33)/t21-,27+/m1/s1. The highest BCUT2D eigenvalue weighted by molar-refractivity contribution is 6.07. The van der Waals surface area contributed by atoms with Crippen LogP contribution >= 0.6 is 0 Å².